The van der Waals surface area contributed by atoms with E-state index in [2.05, 4.69) is 5.32 Å². The first-order valence-electron chi connectivity index (χ1n) is 15.2. The average Bonchev–Trinajstić information content (AvgIpc) is 3.02. The Bertz CT molecular complexity index is 1780. The first kappa shape index (κ1) is 35.4. The first-order chi connectivity index (χ1) is 22.3. The van der Waals surface area contributed by atoms with Gasteiger partial charge in [0, 0.05) is 29.1 Å². The van der Waals surface area contributed by atoms with Crippen LogP contribution >= 0.6 is 11.6 Å². The van der Waals surface area contributed by atoms with Gasteiger partial charge in [0.25, 0.3) is 10.0 Å². The first-order valence-corrected chi connectivity index (χ1v) is 17.0. The number of ether oxygens (including phenoxy) is 1. The summed E-state index contributed by atoms with van der Waals surface area (Å²) in [5, 5.41) is 3.30. The van der Waals surface area contributed by atoms with Crippen LogP contribution in [0.25, 0.3) is 0 Å². The van der Waals surface area contributed by atoms with Crippen LogP contribution in [0.2, 0.25) is 5.02 Å². The predicted octanol–water partition coefficient (Wildman–Crippen LogP) is 6.63. The maximum atomic E-state index is 15.1. The Morgan fingerprint density at radius 3 is 2.15 bits per heavy atom. The molecular weight excluding hydrogens is 641 g/mol. The van der Waals surface area contributed by atoms with Crippen molar-refractivity contribution < 1.29 is 27.1 Å². The minimum absolute atomic E-state index is 0.0996. The summed E-state index contributed by atoms with van der Waals surface area (Å²) in [5.74, 6) is -1.51. The highest BCUT2D eigenvalue weighted by atomic mass is 35.5. The number of hydrogen-bond donors (Lipinski definition) is 1. The van der Waals surface area contributed by atoms with Crippen molar-refractivity contribution in [1.82, 2.24) is 10.2 Å². The Morgan fingerprint density at radius 1 is 0.894 bits per heavy atom. The molecule has 11 heteroatoms. The maximum absolute atomic E-state index is 15.1. The van der Waals surface area contributed by atoms with Crippen molar-refractivity contribution in [2.45, 2.75) is 57.1 Å². The van der Waals surface area contributed by atoms with E-state index in [4.69, 9.17) is 16.3 Å². The highest BCUT2D eigenvalue weighted by Crippen LogP contribution is 2.33. The number of hydrogen-bond acceptors (Lipinski definition) is 5. The quantitative estimate of drug-likeness (QED) is 0.171. The standard InChI is InChI=1S/C36H39ClFN3O5S/c1-5-46-33-18-12-11-17-31(33)41(47(44,45)29-21-19-28(37)20-22-29)25-34(42)40(24-27-15-9-10-16-30(27)38)32(35(43)39-36(2,3)4)23-26-13-7-6-8-14-26/h6-22,32H,5,23-25H2,1-4H3,(H,39,43). The van der Waals surface area contributed by atoms with Gasteiger partial charge in [-0.1, -0.05) is 72.3 Å². The molecule has 0 heterocycles. The molecule has 8 nitrogen and oxygen atoms in total. The summed E-state index contributed by atoms with van der Waals surface area (Å²) >= 11 is 6.06. The second-order valence-corrected chi connectivity index (χ2v) is 14.2. The molecule has 0 saturated heterocycles. The fourth-order valence-electron chi connectivity index (χ4n) is 5.00. The Morgan fingerprint density at radius 2 is 1.51 bits per heavy atom. The zero-order valence-corrected chi connectivity index (χ0v) is 28.4. The normalized spacial score (nSPS) is 12.2. The number of benzene rings is 4. The number of halogens is 2. The molecule has 0 bridgehead atoms. The molecule has 1 atom stereocenters. The van der Waals surface area contributed by atoms with Crippen molar-refractivity contribution in [3.8, 4) is 5.75 Å². The summed E-state index contributed by atoms with van der Waals surface area (Å²) in [6.45, 7) is 6.46. The smallest absolute Gasteiger partial charge is 0.264 e. The van der Waals surface area contributed by atoms with Gasteiger partial charge in [0.15, 0.2) is 0 Å². The lowest BCUT2D eigenvalue weighted by atomic mass is 10.0. The lowest BCUT2D eigenvalue weighted by Gasteiger charge is -2.35. The van der Waals surface area contributed by atoms with Gasteiger partial charge < -0.3 is 15.0 Å². The number of para-hydroxylation sites is 2. The molecule has 1 N–H and O–H groups in total. The fraction of sp³-hybridized carbons (Fsp3) is 0.278. The fourth-order valence-corrected chi connectivity index (χ4v) is 6.56. The number of nitrogens with zero attached hydrogens (tertiary/aromatic N) is 2. The summed E-state index contributed by atoms with van der Waals surface area (Å²) in [5.41, 5.74) is 0.408. The van der Waals surface area contributed by atoms with Crippen molar-refractivity contribution in [2.24, 2.45) is 0 Å². The minimum Gasteiger partial charge on any atom is -0.492 e. The van der Waals surface area contributed by atoms with Crippen LogP contribution in [0.5, 0.6) is 5.75 Å². The lowest BCUT2D eigenvalue weighted by molar-refractivity contribution is -0.140. The molecule has 0 spiro atoms. The van der Waals surface area contributed by atoms with Gasteiger partial charge in [-0.3, -0.25) is 13.9 Å². The van der Waals surface area contributed by atoms with E-state index in [-0.39, 0.29) is 41.5 Å². The van der Waals surface area contributed by atoms with Gasteiger partial charge in [-0.2, -0.15) is 0 Å². The Labute approximate surface area is 281 Å². The Hall–Kier alpha value is -4.41. The monoisotopic (exact) mass is 679 g/mol. The van der Waals surface area contributed by atoms with Crippen LogP contribution < -0.4 is 14.4 Å². The topological polar surface area (TPSA) is 96.0 Å². The molecule has 1 unspecified atom stereocenters. The molecule has 0 fully saturated rings. The van der Waals surface area contributed by atoms with E-state index in [1.165, 1.54) is 47.4 Å². The molecular formula is C36H39ClFN3O5S. The van der Waals surface area contributed by atoms with E-state index in [1.54, 1.807) is 37.3 Å². The third-order valence-corrected chi connectivity index (χ3v) is 9.21. The van der Waals surface area contributed by atoms with Crippen LogP contribution in [0.1, 0.15) is 38.8 Å². The third kappa shape index (κ3) is 9.33. The molecule has 0 radical (unpaired) electrons. The highest BCUT2D eigenvalue weighted by Gasteiger charge is 2.36. The van der Waals surface area contributed by atoms with Crippen molar-refractivity contribution in [3.05, 3.63) is 125 Å². The van der Waals surface area contributed by atoms with E-state index in [9.17, 15) is 18.0 Å². The van der Waals surface area contributed by atoms with Crippen LogP contribution in [-0.4, -0.2) is 49.9 Å². The number of amides is 2. The van der Waals surface area contributed by atoms with Crippen LogP contribution in [0.4, 0.5) is 10.1 Å². The van der Waals surface area contributed by atoms with Gasteiger partial charge in [0.2, 0.25) is 11.8 Å². The molecule has 248 valence electrons. The van der Waals surface area contributed by atoms with Crippen molar-refractivity contribution in [2.75, 3.05) is 17.5 Å². The molecule has 0 aliphatic heterocycles. The van der Waals surface area contributed by atoms with E-state index in [0.717, 1.165) is 9.87 Å². The SMILES string of the molecule is CCOc1ccccc1N(CC(=O)N(Cc1ccccc1F)C(Cc1ccccc1)C(=O)NC(C)(C)C)S(=O)(=O)c1ccc(Cl)cc1. The van der Waals surface area contributed by atoms with Gasteiger partial charge in [-0.05, 0) is 75.7 Å². The molecule has 47 heavy (non-hydrogen) atoms. The van der Waals surface area contributed by atoms with E-state index in [0.29, 0.717) is 5.02 Å². The molecule has 4 rings (SSSR count). The summed E-state index contributed by atoms with van der Waals surface area (Å²) in [4.78, 5) is 29.7. The van der Waals surface area contributed by atoms with Gasteiger partial charge in [-0.15, -0.1) is 0 Å². The zero-order valence-electron chi connectivity index (χ0n) is 26.8. The van der Waals surface area contributed by atoms with E-state index in [1.807, 2.05) is 51.1 Å². The number of carbonyl (C=O) groups excluding carboxylic acids is 2. The summed E-state index contributed by atoms with van der Waals surface area (Å²) in [6.07, 6.45) is 0.0996. The average molecular weight is 680 g/mol. The molecule has 0 aliphatic carbocycles. The van der Waals surface area contributed by atoms with E-state index < -0.39 is 45.8 Å². The third-order valence-electron chi connectivity index (χ3n) is 7.18. The number of rotatable bonds is 13. The van der Waals surface area contributed by atoms with Crippen LogP contribution in [0.15, 0.2) is 108 Å². The highest BCUT2D eigenvalue weighted by molar-refractivity contribution is 7.92. The molecule has 0 aromatic heterocycles. The summed E-state index contributed by atoms with van der Waals surface area (Å²) < 4.78 is 50.4. The molecule has 4 aromatic rings. The van der Waals surface area contributed by atoms with Crippen LogP contribution in [-0.2, 0) is 32.6 Å². The zero-order chi connectivity index (χ0) is 34.2. The Balaban J connectivity index is 1.86. The second-order valence-electron chi connectivity index (χ2n) is 11.9. The van der Waals surface area contributed by atoms with Crippen molar-refractivity contribution in [3.63, 3.8) is 0 Å². The van der Waals surface area contributed by atoms with E-state index >= 15 is 4.39 Å². The number of nitrogens with one attached hydrogen (secondary N) is 1. The summed E-state index contributed by atoms with van der Waals surface area (Å²) in [6, 6.07) is 26.1. The van der Waals surface area contributed by atoms with Crippen molar-refractivity contribution in [1.29, 1.82) is 0 Å². The maximum Gasteiger partial charge on any atom is 0.264 e. The van der Waals surface area contributed by atoms with Gasteiger partial charge >= 0.3 is 0 Å². The largest absolute Gasteiger partial charge is 0.492 e. The summed E-state index contributed by atoms with van der Waals surface area (Å²) in [7, 11) is -4.38. The van der Waals surface area contributed by atoms with Gasteiger partial charge in [0.05, 0.1) is 17.2 Å². The molecule has 0 saturated carbocycles. The van der Waals surface area contributed by atoms with Gasteiger partial charge in [0.1, 0.15) is 24.2 Å². The van der Waals surface area contributed by atoms with Crippen LogP contribution in [0, 0.1) is 5.82 Å². The Kier molecular flexibility index (Phi) is 11.7. The number of sulfonamides is 1. The second kappa shape index (κ2) is 15.5. The lowest BCUT2D eigenvalue weighted by Crippen LogP contribution is -2.56. The van der Waals surface area contributed by atoms with Crippen LogP contribution in [0.3, 0.4) is 0 Å². The van der Waals surface area contributed by atoms with Crippen molar-refractivity contribution >= 4 is 39.1 Å². The predicted molar refractivity (Wildman–Crippen MR) is 182 cm³/mol. The minimum atomic E-state index is -4.38. The molecule has 4 aromatic carbocycles. The molecule has 0 aliphatic rings. The number of carbonyl (C=O) groups is 2. The molecule has 2 amide bonds. The van der Waals surface area contributed by atoms with Gasteiger partial charge in [-0.25, -0.2) is 12.8 Å². The number of anilines is 1.